The molecule has 0 fully saturated rings. The highest BCUT2D eigenvalue weighted by molar-refractivity contribution is 7.99. The maximum absolute atomic E-state index is 13.2. The van der Waals surface area contributed by atoms with Gasteiger partial charge in [0.05, 0.1) is 11.6 Å². The Kier molecular flexibility index (Phi) is 3.48. The maximum atomic E-state index is 13.2. The zero-order chi connectivity index (χ0) is 13.1. The van der Waals surface area contributed by atoms with Crippen LogP contribution in [0.1, 0.15) is 12.5 Å². The predicted octanol–water partition coefficient (Wildman–Crippen LogP) is 1.75. The molecule has 0 atom stereocenters. The minimum Gasteiger partial charge on any atom is -0.270 e. The molecule has 0 unspecified atom stereocenters. The van der Waals surface area contributed by atoms with Gasteiger partial charge in [-0.1, -0.05) is 0 Å². The Morgan fingerprint density at radius 2 is 2.33 bits per heavy atom. The van der Waals surface area contributed by atoms with E-state index in [1.807, 2.05) is 13.0 Å². The summed E-state index contributed by atoms with van der Waals surface area (Å²) in [4.78, 5) is 11.9. The summed E-state index contributed by atoms with van der Waals surface area (Å²) in [6.07, 6.45) is 0. The molecule has 0 bridgehead atoms. The van der Waals surface area contributed by atoms with Gasteiger partial charge >= 0.3 is 5.69 Å². The lowest BCUT2D eigenvalue weighted by Gasteiger charge is -2.02. The van der Waals surface area contributed by atoms with Crippen LogP contribution in [0, 0.1) is 17.1 Å². The van der Waals surface area contributed by atoms with Gasteiger partial charge < -0.3 is 0 Å². The maximum Gasteiger partial charge on any atom is 0.343 e. The summed E-state index contributed by atoms with van der Waals surface area (Å²) < 4.78 is 14.7. The molecule has 0 saturated heterocycles. The molecule has 0 radical (unpaired) electrons. The van der Waals surface area contributed by atoms with E-state index in [1.165, 1.54) is 10.6 Å². The topological polar surface area (TPSA) is 74.5 Å². The Labute approximate surface area is 106 Å². The first kappa shape index (κ1) is 12.4. The molecule has 92 valence electrons. The van der Waals surface area contributed by atoms with Crippen molar-refractivity contribution in [3.8, 4) is 6.07 Å². The van der Waals surface area contributed by atoms with Crippen molar-refractivity contribution in [2.24, 2.45) is 0 Å². The Morgan fingerprint density at radius 3 is 3.00 bits per heavy atom. The highest BCUT2D eigenvalue weighted by atomic mass is 32.2. The molecule has 0 amide bonds. The molecular weight excluding hydrogens is 255 g/mol. The van der Waals surface area contributed by atoms with Gasteiger partial charge in [-0.3, -0.25) is 4.57 Å². The van der Waals surface area contributed by atoms with Gasteiger partial charge in [-0.25, -0.2) is 14.3 Å². The third kappa shape index (κ3) is 2.43. The fourth-order valence-electron chi connectivity index (χ4n) is 1.45. The minimum absolute atomic E-state index is 0.235. The minimum atomic E-state index is -0.488. The van der Waals surface area contributed by atoms with E-state index in [-0.39, 0.29) is 11.3 Å². The monoisotopic (exact) mass is 264 g/mol. The van der Waals surface area contributed by atoms with Gasteiger partial charge in [-0.15, -0.1) is 5.10 Å². The molecule has 2 aromatic rings. The second-order valence-corrected chi connectivity index (χ2v) is 4.49. The number of rotatable bonds is 3. The van der Waals surface area contributed by atoms with Crippen molar-refractivity contribution in [3.05, 3.63) is 40.1 Å². The van der Waals surface area contributed by atoms with Crippen LogP contribution in [0.25, 0.3) is 0 Å². The smallest absolute Gasteiger partial charge is 0.270 e. The van der Waals surface area contributed by atoms with Crippen molar-refractivity contribution in [2.45, 2.75) is 23.5 Å². The molecule has 1 N–H and O–H groups in total. The summed E-state index contributed by atoms with van der Waals surface area (Å²) in [5.74, 6) is -0.488. The zero-order valence-corrected chi connectivity index (χ0v) is 10.3. The summed E-state index contributed by atoms with van der Waals surface area (Å²) in [5, 5.41) is 15.4. The highest BCUT2D eigenvalue weighted by Gasteiger charge is 2.09. The standard InChI is InChI=1S/C11H9FN4OS/c1-2-16-10(17)14-15-11(16)18-9-4-7(6-13)3-8(12)5-9/h3-5H,2H2,1H3,(H,14,17). The highest BCUT2D eigenvalue weighted by Crippen LogP contribution is 2.26. The number of hydrogen-bond acceptors (Lipinski definition) is 4. The Hall–Kier alpha value is -2.07. The van der Waals surface area contributed by atoms with Gasteiger partial charge in [0, 0.05) is 11.4 Å². The van der Waals surface area contributed by atoms with E-state index in [4.69, 9.17) is 5.26 Å². The van der Waals surface area contributed by atoms with Crippen molar-refractivity contribution in [3.63, 3.8) is 0 Å². The summed E-state index contributed by atoms with van der Waals surface area (Å²) in [6, 6.07) is 5.88. The van der Waals surface area contributed by atoms with E-state index in [2.05, 4.69) is 10.2 Å². The largest absolute Gasteiger partial charge is 0.343 e. The molecule has 0 aliphatic carbocycles. The van der Waals surface area contributed by atoms with Crippen LogP contribution in [0.4, 0.5) is 4.39 Å². The average Bonchev–Trinajstić information content (AvgIpc) is 2.69. The molecule has 0 aliphatic heterocycles. The normalized spacial score (nSPS) is 10.3. The van der Waals surface area contributed by atoms with Gasteiger partial charge in [-0.05, 0) is 36.9 Å². The Morgan fingerprint density at radius 1 is 1.56 bits per heavy atom. The molecule has 7 heteroatoms. The molecule has 1 heterocycles. The number of nitriles is 1. The number of H-pyrrole nitrogens is 1. The fourth-order valence-corrected chi connectivity index (χ4v) is 2.43. The lowest BCUT2D eigenvalue weighted by Crippen LogP contribution is -2.15. The van der Waals surface area contributed by atoms with Crippen LogP contribution in [0.5, 0.6) is 0 Å². The third-order valence-electron chi connectivity index (χ3n) is 2.25. The lowest BCUT2D eigenvalue weighted by molar-refractivity contribution is 0.623. The van der Waals surface area contributed by atoms with E-state index < -0.39 is 5.82 Å². The van der Waals surface area contributed by atoms with Crippen LogP contribution in [0.15, 0.2) is 33.0 Å². The van der Waals surface area contributed by atoms with Crippen molar-refractivity contribution in [1.29, 1.82) is 5.26 Å². The molecule has 2 rings (SSSR count). The molecule has 0 saturated carbocycles. The van der Waals surface area contributed by atoms with Crippen LogP contribution in [-0.4, -0.2) is 14.8 Å². The molecule has 18 heavy (non-hydrogen) atoms. The van der Waals surface area contributed by atoms with Crippen LogP contribution >= 0.6 is 11.8 Å². The van der Waals surface area contributed by atoms with Crippen molar-refractivity contribution in [1.82, 2.24) is 14.8 Å². The first-order valence-electron chi connectivity index (χ1n) is 5.17. The average molecular weight is 264 g/mol. The van der Waals surface area contributed by atoms with Crippen LogP contribution in [-0.2, 0) is 6.54 Å². The van der Waals surface area contributed by atoms with Gasteiger partial charge in [0.2, 0.25) is 0 Å². The van der Waals surface area contributed by atoms with Crippen molar-refractivity contribution < 1.29 is 4.39 Å². The number of benzene rings is 1. The molecule has 0 spiro atoms. The second kappa shape index (κ2) is 5.06. The van der Waals surface area contributed by atoms with E-state index in [1.54, 1.807) is 6.07 Å². The third-order valence-corrected chi connectivity index (χ3v) is 3.21. The fraction of sp³-hybridized carbons (Fsp3) is 0.182. The summed E-state index contributed by atoms with van der Waals surface area (Å²) in [7, 11) is 0. The van der Waals surface area contributed by atoms with Gasteiger partial charge in [0.15, 0.2) is 5.16 Å². The van der Waals surface area contributed by atoms with Crippen molar-refractivity contribution >= 4 is 11.8 Å². The molecule has 5 nitrogen and oxygen atoms in total. The number of halogens is 1. The van der Waals surface area contributed by atoms with Crippen molar-refractivity contribution in [2.75, 3.05) is 0 Å². The lowest BCUT2D eigenvalue weighted by atomic mass is 10.2. The number of hydrogen-bond donors (Lipinski definition) is 1. The summed E-state index contributed by atoms with van der Waals surface area (Å²) in [5.41, 5.74) is -0.0738. The molecule has 1 aromatic carbocycles. The molecule has 1 aromatic heterocycles. The van der Waals surface area contributed by atoms with Crippen LogP contribution in [0.3, 0.4) is 0 Å². The van der Waals surface area contributed by atoms with E-state index >= 15 is 0 Å². The first-order chi connectivity index (χ1) is 8.63. The zero-order valence-electron chi connectivity index (χ0n) is 9.48. The van der Waals surface area contributed by atoms with E-state index in [0.29, 0.717) is 16.6 Å². The van der Waals surface area contributed by atoms with Crippen LogP contribution in [0.2, 0.25) is 0 Å². The number of aromatic amines is 1. The molecular formula is C11H9FN4OS. The van der Waals surface area contributed by atoms with Gasteiger partial charge in [0.25, 0.3) is 0 Å². The van der Waals surface area contributed by atoms with Gasteiger partial charge in [0.1, 0.15) is 5.82 Å². The van der Waals surface area contributed by atoms with Crippen LogP contribution < -0.4 is 5.69 Å². The van der Waals surface area contributed by atoms with Gasteiger partial charge in [-0.2, -0.15) is 5.26 Å². The Bertz CT molecular complexity index is 670. The first-order valence-corrected chi connectivity index (χ1v) is 5.99. The second-order valence-electron chi connectivity index (χ2n) is 3.45. The number of nitrogens with zero attached hydrogens (tertiary/aromatic N) is 3. The molecule has 0 aliphatic rings. The quantitative estimate of drug-likeness (QED) is 0.916. The van der Waals surface area contributed by atoms with E-state index in [0.717, 1.165) is 17.8 Å². The number of nitrogens with one attached hydrogen (secondary N) is 1. The SMILES string of the molecule is CCn1c(Sc2cc(F)cc(C#N)c2)n[nH]c1=O. The van der Waals surface area contributed by atoms with E-state index in [9.17, 15) is 9.18 Å². The summed E-state index contributed by atoms with van der Waals surface area (Å²) >= 11 is 1.13. The summed E-state index contributed by atoms with van der Waals surface area (Å²) in [6.45, 7) is 2.28. The Balaban J connectivity index is 2.37. The predicted molar refractivity (Wildman–Crippen MR) is 63.8 cm³/mol. The number of aromatic nitrogens is 3.